The molecule has 0 aromatic heterocycles. The molecule has 1 aromatic rings. The van der Waals surface area contributed by atoms with Crippen LogP contribution in [0.3, 0.4) is 0 Å². The lowest BCUT2D eigenvalue weighted by molar-refractivity contribution is -0.119. The maximum atomic E-state index is 11.8. The molecular weight excluding hydrogens is 188 g/mol. The van der Waals surface area contributed by atoms with Crippen LogP contribution in [0.4, 0.5) is 5.69 Å². The van der Waals surface area contributed by atoms with Crippen molar-refractivity contribution in [2.45, 2.75) is 19.9 Å². The van der Waals surface area contributed by atoms with Crippen LogP contribution < -0.4 is 10.2 Å². The van der Waals surface area contributed by atoms with Crippen molar-refractivity contribution in [3.8, 4) is 0 Å². The number of hydrogen-bond donors (Lipinski definition) is 1. The summed E-state index contributed by atoms with van der Waals surface area (Å²) >= 11 is 0. The zero-order valence-corrected chi connectivity index (χ0v) is 9.74. The Hall–Kier alpha value is -1.35. The molecule has 1 amide bonds. The molecule has 0 spiro atoms. The maximum absolute atomic E-state index is 11.8. The van der Waals surface area contributed by atoms with Crippen LogP contribution in [-0.4, -0.2) is 26.0 Å². The quantitative estimate of drug-likeness (QED) is 0.814. The van der Waals surface area contributed by atoms with E-state index in [0.717, 1.165) is 11.3 Å². The molecule has 1 atom stereocenters. The van der Waals surface area contributed by atoms with Crippen LogP contribution >= 0.6 is 0 Å². The van der Waals surface area contributed by atoms with E-state index >= 15 is 0 Å². The lowest BCUT2D eigenvalue weighted by Crippen LogP contribution is -2.41. The number of anilines is 1. The van der Waals surface area contributed by atoms with Crippen molar-refractivity contribution in [3.63, 3.8) is 0 Å². The fourth-order valence-corrected chi connectivity index (χ4v) is 1.38. The van der Waals surface area contributed by atoms with Gasteiger partial charge in [0.1, 0.15) is 0 Å². The van der Waals surface area contributed by atoms with E-state index in [4.69, 9.17) is 0 Å². The molecule has 82 valence electrons. The van der Waals surface area contributed by atoms with Crippen LogP contribution in [-0.2, 0) is 4.79 Å². The number of likely N-dealkylation sites (N-methyl/N-ethyl adjacent to an activating group) is 2. The zero-order chi connectivity index (χ0) is 11.4. The lowest BCUT2D eigenvalue weighted by Gasteiger charge is -2.21. The van der Waals surface area contributed by atoms with E-state index in [1.54, 1.807) is 19.0 Å². The third-order valence-electron chi connectivity index (χ3n) is 2.52. The Morgan fingerprint density at radius 2 is 2.13 bits per heavy atom. The second-order valence-corrected chi connectivity index (χ2v) is 3.75. The Labute approximate surface area is 91.1 Å². The molecule has 1 N–H and O–H groups in total. The first-order valence-electron chi connectivity index (χ1n) is 5.07. The van der Waals surface area contributed by atoms with Gasteiger partial charge in [0.25, 0.3) is 0 Å². The average Bonchev–Trinajstić information content (AvgIpc) is 2.26. The fraction of sp³-hybridized carbons (Fsp3) is 0.417. The normalized spacial score (nSPS) is 12.3. The summed E-state index contributed by atoms with van der Waals surface area (Å²) in [4.78, 5) is 13.5. The minimum atomic E-state index is -0.157. The van der Waals surface area contributed by atoms with Crippen molar-refractivity contribution in [1.29, 1.82) is 0 Å². The third-order valence-corrected chi connectivity index (χ3v) is 2.52. The standard InChI is InChI=1S/C12H18N2O/c1-9-6-5-7-11(8-9)14(4)12(15)10(2)13-3/h5-8,10,13H,1-4H3. The molecule has 0 aliphatic carbocycles. The Balaban J connectivity index is 2.85. The molecule has 3 heteroatoms. The molecule has 0 bridgehead atoms. The maximum Gasteiger partial charge on any atom is 0.243 e. The van der Waals surface area contributed by atoms with E-state index in [0.29, 0.717) is 0 Å². The number of hydrogen-bond acceptors (Lipinski definition) is 2. The van der Waals surface area contributed by atoms with Crippen molar-refractivity contribution in [1.82, 2.24) is 5.32 Å². The summed E-state index contributed by atoms with van der Waals surface area (Å²) < 4.78 is 0. The number of benzene rings is 1. The van der Waals surface area contributed by atoms with E-state index in [-0.39, 0.29) is 11.9 Å². The molecule has 0 saturated heterocycles. The van der Waals surface area contributed by atoms with Gasteiger partial charge in [0.15, 0.2) is 0 Å². The van der Waals surface area contributed by atoms with Gasteiger partial charge in [-0.2, -0.15) is 0 Å². The zero-order valence-electron chi connectivity index (χ0n) is 9.74. The predicted octanol–water partition coefficient (Wildman–Crippen LogP) is 1.57. The number of carbonyl (C=O) groups is 1. The predicted molar refractivity (Wildman–Crippen MR) is 63.1 cm³/mol. The highest BCUT2D eigenvalue weighted by Gasteiger charge is 2.16. The minimum absolute atomic E-state index is 0.0723. The number of amides is 1. The molecule has 0 aliphatic rings. The number of aryl methyl sites for hydroxylation is 1. The van der Waals surface area contributed by atoms with Crippen molar-refractivity contribution in [2.24, 2.45) is 0 Å². The van der Waals surface area contributed by atoms with Crippen LogP contribution in [0, 0.1) is 6.92 Å². The van der Waals surface area contributed by atoms with Crippen molar-refractivity contribution in [2.75, 3.05) is 19.0 Å². The summed E-state index contributed by atoms with van der Waals surface area (Å²) in [6, 6.07) is 7.76. The molecule has 0 saturated carbocycles. The van der Waals surface area contributed by atoms with Gasteiger partial charge in [-0.25, -0.2) is 0 Å². The van der Waals surface area contributed by atoms with Gasteiger partial charge in [-0.15, -0.1) is 0 Å². The molecule has 0 heterocycles. The molecular formula is C12H18N2O. The summed E-state index contributed by atoms with van der Waals surface area (Å²) in [6.45, 7) is 3.87. The fourth-order valence-electron chi connectivity index (χ4n) is 1.38. The minimum Gasteiger partial charge on any atom is -0.314 e. The number of nitrogens with zero attached hydrogens (tertiary/aromatic N) is 1. The first-order valence-corrected chi connectivity index (χ1v) is 5.07. The summed E-state index contributed by atoms with van der Waals surface area (Å²) in [6.07, 6.45) is 0. The highest BCUT2D eigenvalue weighted by atomic mass is 16.2. The van der Waals surface area contributed by atoms with E-state index < -0.39 is 0 Å². The van der Waals surface area contributed by atoms with Gasteiger partial charge in [-0.3, -0.25) is 4.79 Å². The number of rotatable bonds is 3. The van der Waals surface area contributed by atoms with Crippen molar-refractivity contribution >= 4 is 11.6 Å². The molecule has 0 aliphatic heterocycles. The largest absolute Gasteiger partial charge is 0.314 e. The van der Waals surface area contributed by atoms with Crippen LogP contribution in [0.1, 0.15) is 12.5 Å². The molecule has 15 heavy (non-hydrogen) atoms. The molecule has 1 rings (SSSR count). The Morgan fingerprint density at radius 3 is 2.67 bits per heavy atom. The number of carbonyl (C=O) groups excluding carboxylic acids is 1. The van der Waals surface area contributed by atoms with Crippen LogP contribution in [0.2, 0.25) is 0 Å². The number of nitrogens with one attached hydrogen (secondary N) is 1. The lowest BCUT2D eigenvalue weighted by atomic mass is 10.2. The molecule has 0 fully saturated rings. The SMILES string of the molecule is CNC(C)C(=O)N(C)c1cccc(C)c1. The highest BCUT2D eigenvalue weighted by molar-refractivity contribution is 5.96. The molecule has 1 aromatic carbocycles. The van der Waals surface area contributed by atoms with Gasteiger partial charge in [0.2, 0.25) is 5.91 Å². The van der Waals surface area contributed by atoms with E-state index in [1.807, 2.05) is 38.1 Å². The van der Waals surface area contributed by atoms with E-state index in [2.05, 4.69) is 5.32 Å². The van der Waals surface area contributed by atoms with Gasteiger partial charge in [0.05, 0.1) is 6.04 Å². The molecule has 0 radical (unpaired) electrons. The Morgan fingerprint density at radius 1 is 1.47 bits per heavy atom. The summed E-state index contributed by atoms with van der Waals surface area (Å²) in [7, 11) is 3.58. The third kappa shape index (κ3) is 2.80. The first-order chi connectivity index (χ1) is 7.06. The van der Waals surface area contributed by atoms with Gasteiger partial charge in [0, 0.05) is 12.7 Å². The van der Waals surface area contributed by atoms with Gasteiger partial charge in [-0.05, 0) is 38.6 Å². The van der Waals surface area contributed by atoms with Crippen molar-refractivity contribution < 1.29 is 4.79 Å². The van der Waals surface area contributed by atoms with Crippen LogP contribution in [0.25, 0.3) is 0 Å². The Bertz CT molecular complexity index is 349. The summed E-state index contributed by atoms with van der Waals surface area (Å²) in [5, 5.41) is 2.94. The highest BCUT2D eigenvalue weighted by Crippen LogP contribution is 2.14. The van der Waals surface area contributed by atoms with Crippen LogP contribution in [0.5, 0.6) is 0 Å². The Kier molecular flexibility index (Phi) is 3.86. The van der Waals surface area contributed by atoms with Gasteiger partial charge in [-0.1, -0.05) is 12.1 Å². The summed E-state index contributed by atoms with van der Waals surface area (Å²) in [5.74, 6) is 0.0723. The second kappa shape index (κ2) is 4.94. The van der Waals surface area contributed by atoms with Gasteiger partial charge >= 0.3 is 0 Å². The molecule has 3 nitrogen and oxygen atoms in total. The van der Waals surface area contributed by atoms with Gasteiger partial charge < -0.3 is 10.2 Å². The summed E-state index contributed by atoms with van der Waals surface area (Å²) in [5.41, 5.74) is 2.09. The first kappa shape index (κ1) is 11.7. The molecule has 1 unspecified atom stereocenters. The monoisotopic (exact) mass is 206 g/mol. The topological polar surface area (TPSA) is 32.3 Å². The van der Waals surface area contributed by atoms with E-state index in [1.165, 1.54) is 0 Å². The average molecular weight is 206 g/mol. The smallest absolute Gasteiger partial charge is 0.243 e. The van der Waals surface area contributed by atoms with Crippen LogP contribution in [0.15, 0.2) is 24.3 Å². The second-order valence-electron chi connectivity index (χ2n) is 3.75. The van der Waals surface area contributed by atoms with Crippen molar-refractivity contribution in [3.05, 3.63) is 29.8 Å². The van der Waals surface area contributed by atoms with E-state index in [9.17, 15) is 4.79 Å².